The van der Waals surface area contributed by atoms with Crippen LogP contribution in [-0.4, -0.2) is 35.7 Å². The molecule has 0 aliphatic carbocycles. The fourth-order valence-corrected chi connectivity index (χ4v) is 2.94. The summed E-state index contributed by atoms with van der Waals surface area (Å²) in [7, 11) is 0. The molecule has 0 radical (unpaired) electrons. The van der Waals surface area contributed by atoms with Crippen LogP contribution in [0.15, 0.2) is 18.2 Å². The number of benzene rings is 1. The van der Waals surface area contributed by atoms with Crippen LogP contribution in [0.4, 0.5) is 9.18 Å². The molecule has 0 aromatic heterocycles. The maximum Gasteiger partial charge on any atom is 0.410 e. The van der Waals surface area contributed by atoms with E-state index in [9.17, 15) is 9.18 Å². The summed E-state index contributed by atoms with van der Waals surface area (Å²) in [5, 5.41) is 0. The molecule has 0 saturated carbocycles. The Balaban J connectivity index is 1.92. The number of carbonyl (C=O) groups is 1. The molecule has 1 fully saturated rings. The molecule has 1 amide bonds. The van der Waals surface area contributed by atoms with Crippen molar-refractivity contribution in [1.82, 2.24) is 4.90 Å². The fraction of sp³-hybridized carbons (Fsp3) is 0.611. The van der Waals surface area contributed by atoms with Crippen LogP contribution >= 0.6 is 0 Å². The minimum Gasteiger partial charge on any atom is -0.444 e. The number of hydrogen-bond donors (Lipinski definition) is 1. The van der Waals surface area contributed by atoms with Gasteiger partial charge in [-0.25, -0.2) is 9.18 Å². The lowest BCUT2D eigenvalue weighted by atomic mass is 9.92. The molecular formula is C18H27FN2O2. The second-order valence-electron chi connectivity index (χ2n) is 7.41. The van der Waals surface area contributed by atoms with E-state index in [0.717, 1.165) is 17.5 Å². The van der Waals surface area contributed by atoms with Crippen LogP contribution in [0.1, 0.15) is 38.3 Å². The Morgan fingerprint density at radius 3 is 2.78 bits per heavy atom. The van der Waals surface area contributed by atoms with Gasteiger partial charge in [0, 0.05) is 19.1 Å². The van der Waals surface area contributed by atoms with Crippen LogP contribution in [0.2, 0.25) is 0 Å². The van der Waals surface area contributed by atoms with E-state index in [2.05, 4.69) is 0 Å². The minimum absolute atomic E-state index is 0.0494. The van der Waals surface area contributed by atoms with Gasteiger partial charge in [-0.15, -0.1) is 0 Å². The molecule has 0 bridgehead atoms. The number of nitrogens with zero attached hydrogens (tertiary/aromatic N) is 1. The van der Waals surface area contributed by atoms with E-state index in [1.807, 2.05) is 27.7 Å². The number of hydrogen-bond acceptors (Lipinski definition) is 3. The van der Waals surface area contributed by atoms with Gasteiger partial charge in [0.15, 0.2) is 0 Å². The maximum atomic E-state index is 13.2. The number of halogens is 1. The SMILES string of the molecule is Cc1cc(F)ccc1CC(N)C1CCN(C(=O)OC(C)(C)C)C1. The van der Waals surface area contributed by atoms with Crippen molar-refractivity contribution in [3.63, 3.8) is 0 Å². The molecule has 2 rings (SSSR count). The summed E-state index contributed by atoms with van der Waals surface area (Å²) in [4.78, 5) is 13.8. The summed E-state index contributed by atoms with van der Waals surface area (Å²) < 4.78 is 18.6. The third kappa shape index (κ3) is 4.93. The molecule has 2 N–H and O–H groups in total. The van der Waals surface area contributed by atoms with Crippen molar-refractivity contribution in [2.75, 3.05) is 13.1 Å². The fourth-order valence-electron chi connectivity index (χ4n) is 2.94. The Morgan fingerprint density at radius 2 is 2.17 bits per heavy atom. The largest absolute Gasteiger partial charge is 0.444 e. The van der Waals surface area contributed by atoms with Crippen LogP contribution in [0, 0.1) is 18.7 Å². The molecule has 23 heavy (non-hydrogen) atoms. The topological polar surface area (TPSA) is 55.6 Å². The smallest absolute Gasteiger partial charge is 0.410 e. The Morgan fingerprint density at radius 1 is 1.48 bits per heavy atom. The number of ether oxygens (including phenoxy) is 1. The summed E-state index contributed by atoms with van der Waals surface area (Å²) in [6.07, 6.45) is 1.30. The molecule has 2 atom stereocenters. The first kappa shape index (κ1) is 17.7. The minimum atomic E-state index is -0.484. The van der Waals surface area contributed by atoms with E-state index in [-0.39, 0.29) is 23.9 Å². The van der Waals surface area contributed by atoms with E-state index in [0.29, 0.717) is 19.5 Å². The predicted octanol–water partition coefficient (Wildman–Crippen LogP) is 3.26. The molecule has 1 aromatic rings. The van der Waals surface area contributed by atoms with E-state index in [1.165, 1.54) is 12.1 Å². The molecule has 2 unspecified atom stereocenters. The predicted molar refractivity (Wildman–Crippen MR) is 88.7 cm³/mol. The van der Waals surface area contributed by atoms with E-state index in [1.54, 1.807) is 11.0 Å². The second-order valence-corrected chi connectivity index (χ2v) is 7.41. The molecule has 1 saturated heterocycles. The van der Waals surface area contributed by atoms with Crippen molar-refractivity contribution in [3.05, 3.63) is 35.1 Å². The normalized spacial score (nSPS) is 19.7. The van der Waals surface area contributed by atoms with Gasteiger partial charge < -0.3 is 15.4 Å². The highest BCUT2D eigenvalue weighted by molar-refractivity contribution is 5.68. The van der Waals surface area contributed by atoms with Crippen LogP contribution in [0.5, 0.6) is 0 Å². The summed E-state index contributed by atoms with van der Waals surface area (Å²) in [6.45, 7) is 8.78. The number of carbonyl (C=O) groups excluding carboxylic acids is 1. The lowest BCUT2D eigenvalue weighted by molar-refractivity contribution is 0.0286. The first-order valence-corrected chi connectivity index (χ1v) is 8.14. The average Bonchev–Trinajstić information content (AvgIpc) is 2.90. The first-order chi connectivity index (χ1) is 10.7. The average molecular weight is 322 g/mol. The van der Waals surface area contributed by atoms with Gasteiger partial charge in [0.2, 0.25) is 0 Å². The Labute approximate surface area is 137 Å². The summed E-state index contributed by atoms with van der Waals surface area (Å²) >= 11 is 0. The van der Waals surface area contributed by atoms with Gasteiger partial charge in [0.25, 0.3) is 0 Å². The highest BCUT2D eigenvalue weighted by Crippen LogP contribution is 2.24. The van der Waals surface area contributed by atoms with Gasteiger partial charge in [-0.3, -0.25) is 0 Å². The van der Waals surface area contributed by atoms with Crippen molar-refractivity contribution < 1.29 is 13.9 Å². The molecule has 5 heteroatoms. The number of aryl methyl sites for hydroxylation is 1. The van der Waals surface area contributed by atoms with Crippen molar-refractivity contribution in [2.24, 2.45) is 11.7 Å². The summed E-state index contributed by atoms with van der Waals surface area (Å²) in [5.41, 5.74) is 7.83. The van der Waals surface area contributed by atoms with Gasteiger partial charge in [0.1, 0.15) is 11.4 Å². The van der Waals surface area contributed by atoms with Gasteiger partial charge in [0.05, 0.1) is 0 Å². The van der Waals surface area contributed by atoms with Gasteiger partial charge in [-0.1, -0.05) is 6.07 Å². The molecule has 1 aromatic carbocycles. The van der Waals surface area contributed by atoms with Crippen molar-refractivity contribution >= 4 is 6.09 Å². The molecular weight excluding hydrogens is 295 g/mol. The van der Waals surface area contributed by atoms with E-state index in [4.69, 9.17) is 10.5 Å². The van der Waals surface area contributed by atoms with Crippen LogP contribution in [0.3, 0.4) is 0 Å². The zero-order chi connectivity index (χ0) is 17.2. The third-order valence-corrected chi connectivity index (χ3v) is 4.24. The van der Waals surface area contributed by atoms with Crippen molar-refractivity contribution in [3.8, 4) is 0 Å². The Kier molecular flexibility index (Phi) is 5.30. The Hall–Kier alpha value is -1.62. The van der Waals surface area contributed by atoms with Crippen molar-refractivity contribution in [2.45, 2.75) is 52.2 Å². The zero-order valence-electron chi connectivity index (χ0n) is 14.4. The number of rotatable bonds is 3. The van der Waals surface area contributed by atoms with Gasteiger partial charge >= 0.3 is 6.09 Å². The number of likely N-dealkylation sites (tertiary alicyclic amines) is 1. The van der Waals surface area contributed by atoms with E-state index >= 15 is 0 Å². The van der Waals surface area contributed by atoms with Crippen molar-refractivity contribution in [1.29, 1.82) is 0 Å². The zero-order valence-corrected chi connectivity index (χ0v) is 14.4. The Bertz CT molecular complexity index is 569. The molecule has 0 spiro atoms. The summed E-state index contributed by atoms with van der Waals surface area (Å²) in [5.74, 6) is 0.0174. The molecule has 128 valence electrons. The summed E-state index contributed by atoms with van der Waals surface area (Å²) in [6, 6.07) is 4.75. The van der Waals surface area contributed by atoms with Gasteiger partial charge in [-0.05, 0) is 69.7 Å². The quantitative estimate of drug-likeness (QED) is 0.929. The highest BCUT2D eigenvalue weighted by atomic mass is 19.1. The third-order valence-electron chi connectivity index (χ3n) is 4.24. The molecule has 4 nitrogen and oxygen atoms in total. The van der Waals surface area contributed by atoms with Gasteiger partial charge in [-0.2, -0.15) is 0 Å². The lowest BCUT2D eigenvalue weighted by Gasteiger charge is -2.25. The van der Waals surface area contributed by atoms with E-state index < -0.39 is 5.60 Å². The number of nitrogens with two attached hydrogens (primary N) is 1. The monoisotopic (exact) mass is 322 g/mol. The second kappa shape index (κ2) is 6.87. The van der Waals surface area contributed by atoms with Crippen LogP contribution < -0.4 is 5.73 Å². The standard InChI is InChI=1S/C18H27FN2O2/c1-12-9-15(19)6-5-13(12)10-16(20)14-7-8-21(11-14)17(22)23-18(2,3)4/h5-6,9,14,16H,7-8,10-11,20H2,1-4H3. The molecule has 1 heterocycles. The van der Waals surface area contributed by atoms with Crippen LogP contribution in [-0.2, 0) is 11.2 Å². The lowest BCUT2D eigenvalue weighted by Crippen LogP contribution is -2.38. The molecule has 1 aliphatic rings. The molecule has 1 aliphatic heterocycles. The highest BCUT2D eigenvalue weighted by Gasteiger charge is 2.32. The maximum absolute atomic E-state index is 13.2. The first-order valence-electron chi connectivity index (χ1n) is 8.14. The number of amides is 1. The van der Waals surface area contributed by atoms with Crippen LogP contribution in [0.25, 0.3) is 0 Å².